The van der Waals surface area contributed by atoms with Crippen molar-refractivity contribution in [1.29, 1.82) is 0 Å². The molecule has 0 N–H and O–H groups in total. The predicted octanol–water partition coefficient (Wildman–Crippen LogP) is 1.52. The van der Waals surface area contributed by atoms with Crippen LogP contribution >= 0.6 is 7.26 Å². The van der Waals surface area contributed by atoms with Crippen LogP contribution in [0.3, 0.4) is 0 Å². The van der Waals surface area contributed by atoms with Gasteiger partial charge in [-0.2, -0.15) is 0 Å². The van der Waals surface area contributed by atoms with E-state index in [4.69, 9.17) is 0 Å². The fourth-order valence-electron chi connectivity index (χ4n) is 1.22. The maximum absolute atomic E-state index is 10.4. The minimum atomic E-state index is -1.45. The second kappa shape index (κ2) is 3.82. The normalized spacial score (nSPS) is 12.5. The predicted molar refractivity (Wildman–Crippen MR) is 57.2 cm³/mol. The third-order valence-corrected chi connectivity index (χ3v) is 5.23. The summed E-state index contributed by atoms with van der Waals surface area (Å²) < 4.78 is 0. The van der Waals surface area contributed by atoms with E-state index < -0.39 is 7.26 Å². The first-order valence-corrected chi connectivity index (χ1v) is 7.37. The Balaban J connectivity index is 2.89. The number of rotatable bonds is 3. The number of benzene rings is 1. The van der Waals surface area contributed by atoms with Crippen LogP contribution in [0.2, 0.25) is 0 Å². The van der Waals surface area contributed by atoms with Gasteiger partial charge in [0.15, 0.2) is 0 Å². The number of carbonyl (C=O) groups is 1. The summed E-state index contributed by atoms with van der Waals surface area (Å²) in [4.78, 5) is 10.4. The van der Waals surface area contributed by atoms with Crippen molar-refractivity contribution >= 4 is 18.9 Å². The van der Waals surface area contributed by atoms with E-state index in [1.165, 1.54) is 5.30 Å². The number of aldehydes is 1. The second-order valence-electron chi connectivity index (χ2n) is 3.62. The molecule has 0 spiro atoms. The van der Waals surface area contributed by atoms with Crippen LogP contribution in [0.15, 0.2) is 30.3 Å². The van der Waals surface area contributed by atoms with Gasteiger partial charge in [-0.1, -0.05) is 0 Å². The average Bonchev–Trinajstić information content (AvgIpc) is 2.06. The molecule has 66 valence electrons. The molecule has 0 unspecified atom stereocenters. The molecule has 0 aromatic heterocycles. The van der Waals surface area contributed by atoms with E-state index in [-0.39, 0.29) is 0 Å². The van der Waals surface area contributed by atoms with E-state index in [2.05, 4.69) is 25.5 Å². The summed E-state index contributed by atoms with van der Waals surface area (Å²) in [7, 11) is -1.45. The Bertz CT molecular complexity index is 254. The van der Waals surface area contributed by atoms with Gasteiger partial charge in [0, 0.05) is 0 Å². The van der Waals surface area contributed by atoms with Gasteiger partial charge in [-0.15, -0.1) is 0 Å². The Morgan fingerprint density at radius 3 is 2.33 bits per heavy atom. The van der Waals surface area contributed by atoms with E-state index in [1.54, 1.807) is 0 Å². The number of hydrogen-bond donors (Lipinski definition) is 0. The van der Waals surface area contributed by atoms with Crippen molar-refractivity contribution in [2.24, 2.45) is 0 Å². The summed E-state index contributed by atoms with van der Waals surface area (Å²) in [6.07, 6.45) is 1.76. The molecule has 0 atom stereocenters. The average molecular weight is 182 g/mol. The molecule has 1 aromatic carbocycles. The molecule has 0 radical (unpaired) electrons. The van der Waals surface area contributed by atoms with E-state index in [1.807, 2.05) is 18.2 Å². The Labute approximate surface area is 74.1 Å². The Morgan fingerprint density at radius 2 is 1.83 bits per heavy atom. The van der Waals surface area contributed by atoms with Crippen molar-refractivity contribution in [3.63, 3.8) is 0 Å². The van der Waals surface area contributed by atoms with Crippen LogP contribution in [0.4, 0.5) is 0 Å². The number of carbonyl (C=O) groups excluding carboxylic acids is 1. The van der Waals surface area contributed by atoms with Crippen molar-refractivity contribution in [2.45, 2.75) is 0 Å². The zero-order valence-electron chi connectivity index (χ0n) is 7.58. The van der Waals surface area contributed by atoms with E-state index in [0.717, 1.165) is 12.4 Å². The van der Waals surface area contributed by atoms with Gasteiger partial charge in [-0.25, -0.2) is 0 Å². The van der Waals surface area contributed by atoms with Crippen molar-refractivity contribution in [3.8, 4) is 0 Å². The topological polar surface area (TPSA) is 17.1 Å². The van der Waals surface area contributed by atoms with Crippen LogP contribution < -0.4 is 5.30 Å². The van der Waals surface area contributed by atoms with Crippen LogP contribution in [-0.4, -0.2) is 25.8 Å². The molecule has 0 aliphatic heterocycles. The standard InChI is InChI=1S/C10H15OP/c1-12(2,9-8-11)10-6-4-3-5-7-10/h3-8,12H,9H2,1-2H3. The monoisotopic (exact) mass is 182 g/mol. The molecule has 0 aliphatic carbocycles. The first kappa shape index (κ1) is 9.41. The second-order valence-corrected chi connectivity index (χ2v) is 8.37. The minimum absolute atomic E-state index is 0.719. The van der Waals surface area contributed by atoms with Gasteiger partial charge < -0.3 is 0 Å². The van der Waals surface area contributed by atoms with Crippen molar-refractivity contribution < 1.29 is 4.79 Å². The first-order valence-electron chi connectivity index (χ1n) is 4.16. The van der Waals surface area contributed by atoms with Gasteiger partial charge >= 0.3 is 73.5 Å². The number of hydrogen-bond acceptors (Lipinski definition) is 1. The van der Waals surface area contributed by atoms with Crippen LogP contribution in [0.25, 0.3) is 0 Å². The van der Waals surface area contributed by atoms with Crippen LogP contribution in [0.5, 0.6) is 0 Å². The fourth-order valence-corrected chi connectivity index (χ4v) is 2.96. The summed E-state index contributed by atoms with van der Waals surface area (Å²) in [6, 6.07) is 10.3. The molecule has 0 amide bonds. The molecule has 0 saturated heterocycles. The third kappa shape index (κ3) is 2.15. The van der Waals surface area contributed by atoms with Crippen molar-refractivity contribution in [1.82, 2.24) is 0 Å². The molecule has 0 bridgehead atoms. The van der Waals surface area contributed by atoms with Crippen LogP contribution in [0.1, 0.15) is 0 Å². The summed E-state index contributed by atoms with van der Waals surface area (Å²) in [5.41, 5.74) is 0. The van der Waals surface area contributed by atoms with E-state index in [0.29, 0.717) is 0 Å². The Morgan fingerprint density at radius 1 is 1.25 bits per heavy atom. The zero-order chi connectivity index (χ0) is 9.03. The van der Waals surface area contributed by atoms with E-state index in [9.17, 15) is 4.79 Å². The van der Waals surface area contributed by atoms with Crippen molar-refractivity contribution in [3.05, 3.63) is 30.3 Å². The molecule has 1 rings (SSSR count). The molecular formula is C10H15OP. The zero-order valence-corrected chi connectivity index (χ0v) is 8.58. The first-order chi connectivity index (χ1) is 5.67. The summed E-state index contributed by atoms with van der Waals surface area (Å²) in [5, 5.41) is 1.36. The molecule has 2 heteroatoms. The molecule has 0 aliphatic rings. The molecule has 12 heavy (non-hydrogen) atoms. The fraction of sp³-hybridized carbons (Fsp3) is 0.300. The van der Waals surface area contributed by atoms with Crippen molar-refractivity contribution in [2.75, 3.05) is 19.5 Å². The molecule has 0 saturated carbocycles. The van der Waals surface area contributed by atoms with Gasteiger partial charge in [0.05, 0.1) is 0 Å². The SMILES string of the molecule is C[PH](C)(CC=O)c1ccccc1. The van der Waals surface area contributed by atoms with Crippen LogP contribution in [-0.2, 0) is 4.79 Å². The van der Waals surface area contributed by atoms with Gasteiger partial charge in [0.25, 0.3) is 0 Å². The van der Waals surface area contributed by atoms with Gasteiger partial charge in [0.2, 0.25) is 0 Å². The molecule has 0 heterocycles. The molecule has 1 aromatic rings. The summed E-state index contributed by atoms with van der Waals surface area (Å²) in [5.74, 6) is 0. The third-order valence-electron chi connectivity index (χ3n) is 2.15. The Hall–Kier alpha value is -0.680. The van der Waals surface area contributed by atoms with Gasteiger partial charge in [0.1, 0.15) is 0 Å². The summed E-state index contributed by atoms with van der Waals surface area (Å²) >= 11 is 0. The van der Waals surface area contributed by atoms with Gasteiger partial charge in [-0.05, 0) is 0 Å². The molecule has 1 nitrogen and oxygen atoms in total. The quantitative estimate of drug-likeness (QED) is 0.511. The van der Waals surface area contributed by atoms with Crippen LogP contribution in [0, 0.1) is 0 Å². The van der Waals surface area contributed by atoms with Gasteiger partial charge in [-0.3, -0.25) is 0 Å². The molecular weight excluding hydrogens is 167 g/mol. The molecule has 0 fully saturated rings. The summed E-state index contributed by atoms with van der Waals surface area (Å²) in [6.45, 7) is 4.44. The van der Waals surface area contributed by atoms with E-state index >= 15 is 0 Å². The Kier molecular flexibility index (Phi) is 2.99. The maximum atomic E-state index is 10.4.